The van der Waals surface area contributed by atoms with E-state index in [4.69, 9.17) is 10.5 Å². The predicted molar refractivity (Wildman–Crippen MR) is 75.0 cm³/mol. The van der Waals surface area contributed by atoms with Crippen LogP contribution in [0.25, 0.3) is 0 Å². The van der Waals surface area contributed by atoms with Crippen LogP contribution >= 0.6 is 0 Å². The van der Waals surface area contributed by atoms with Crippen molar-refractivity contribution in [2.24, 2.45) is 5.92 Å². The molecule has 1 saturated carbocycles. The molecule has 3 N–H and O–H groups in total. The minimum absolute atomic E-state index is 0.0341. The SMILES string of the molecule is CCOC(=O)C1CCC(NC(=O)Cn2cnc(N)n2)CC1. The number of esters is 1. The van der Waals surface area contributed by atoms with Gasteiger partial charge in [0.1, 0.15) is 12.9 Å². The van der Waals surface area contributed by atoms with Gasteiger partial charge in [0.05, 0.1) is 12.5 Å². The first-order valence-electron chi connectivity index (χ1n) is 7.19. The van der Waals surface area contributed by atoms with Crippen LogP contribution in [0.2, 0.25) is 0 Å². The van der Waals surface area contributed by atoms with E-state index in [9.17, 15) is 9.59 Å². The Labute approximate surface area is 123 Å². The van der Waals surface area contributed by atoms with E-state index in [0.717, 1.165) is 25.7 Å². The fourth-order valence-corrected chi connectivity index (χ4v) is 2.54. The lowest BCUT2D eigenvalue weighted by atomic mass is 9.86. The molecule has 8 nitrogen and oxygen atoms in total. The lowest BCUT2D eigenvalue weighted by Crippen LogP contribution is -2.40. The van der Waals surface area contributed by atoms with Crippen molar-refractivity contribution in [3.05, 3.63) is 6.33 Å². The first-order chi connectivity index (χ1) is 10.1. The molecule has 0 saturated heterocycles. The molecule has 1 aliphatic carbocycles. The van der Waals surface area contributed by atoms with Crippen LogP contribution in [-0.4, -0.2) is 39.3 Å². The third-order valence-corrected chi connectivity index (χ3v) is 3.57. The number of nitrogens with two attached hydrogens (primary N) is 1. The Morgan fingerprint density at radius 1 is 1.43 bits per heavy atom. The van der Waals surface area contributed by atoms with Gasteiger partial charge in [-0.2, -0.15) is 0 Å². The maximum absolute atomic E-state index is 11.9. The van der Waals surface area contributed by atoms with Crippen LogP contribution in [0.1, 0.15) is 32.6 Å². The highest BCUT2D eigenvalue weighted by molar-refractivity contribution is 5.76. The second-order valence-corrected chi connectivity index (χ2v) is 5.17. The lowest BCUT2D eigenvalue weighted by molar-refractivity contribution is -0.149. The molecule has 0 atom stereocenters. The number of hydrogen-bond acceptors (Lipinski definition) is 6. The van der Waals surface area contributed by atoms with Gasteiger partial charge >= 0.3 is 5.97 Å². The maximum atomic E-state index is 11.9. The highest BCUT2D eigenvalue weighted by atomic mass is 16.5. The summed E-state index contributed by atoms with van der Waals surface area (Å²) in [5.41, 5.74) is 5.39. The maximum Gasteiger partial charge on any atom is 0.308 e. The largest absolute Gasteiger partial charge is 0.466 e. The molecule has 1 fully saturated rings. The van der Waals surface area contributed by atoms with Gasteiger partial charge < -0.3 is 15.8 Å². The summed E-state index contributed by atoms with van der Waals surface area (Å²) in [5.74, 6) is -0.134. The molecule has 1 heterocycles. The molecular weight excluding hydrogens is 274 g/mol. The standard InChI is InChI=1S/C13H21N5O3/c1-2-21-12(20)9-3-5-10(6-4-9)16-11(19)7-18-8-15-13(14)17-18/h8-10H,2-7H2,1H3,(H2,14,17)(H,16,19). The Balaban J connectivity index is 1.73. The molecule has 21 heavy (non-hydrogen) atoms. The van der Waals surface area contributed by atoms with Gasteiger partial charge in [0, 0.05) is 6.04 Å². The molecule has 2 rings (SSSR count). The van der Waals surface area contributed by atoms with Crippen molar-refractivity contribution in [3.8, 4) is 0 Å². The van der Waals surface area contributed by atoms with Gasteiger partial charge in [-0.25, -0.2) is 9.67 Å². The molecule has 0 aromatic carbocycles. The van der Waals surface area contributed by atoms with Crippen molar-refractivity contribution in [1.29, 1.82) is 0 Å². The van der Waals surface area contributed by atoms with Gasteiger partial charge in [0.2, 0.25) is 11.9 Å². The first-order valence-corrected chi connectivity index (χ1v) is 7.19. The predicted octanol–water partition coefficient (Wildman–Crippen LogP) is 0.0984. The third-order valence-electron chi connectivity index (χ3n) is 3.57. The van der Waals surface area contributed by atoms with Gasteiger partial charge in [-0.05, 0) is 32.6 Å². The minimum atomic E-state index is -0.125. The van der Waals surface area contributed by atoms with Crippen molar-refractivity contribution in [1.82, 2.24) is 20.1 Å². The molecule has 0 unspecified atom stereocenters. The number of anilines is 1. The summed E-state index contributed by atoms with van der Waals surface area (Å²) < 4.78 is 6.42. The van der Waals surface area contributed by atoms with Crippen LogP contribution in [0, 0.1) is 5.92 Å². The van der Waals surface area contributed by atoms with Crippen molar-refractivity contribution < 1.29 is 14.3 Å². The van der Waals surface area contributed by atoms with Gasteiger partial charge in [0.15, 0.2) is 0 Å². The van der Waals surface area contributed by atoms with Crippen molar-refractivity contribution >= 4 is 17.8 Å². The number of rotatable bonds is 5. The van der Waals surface area contributed by atoms with E-state index in [1.807, 2.05) is 0 Å². The normalized spacial score (nSPS) is 21.8. The first kappa shape index (κ1) is 15.3. The summed E-state index contributed by atoms with van der Waals surface area (Å²) in [6.45, 7) is 2.32. The summed E-state index contributed by atoms with van der Waals surface area (Å²) in [5, 5.41) is 6.81. The number of hydrogen-bond donors (Lipinski definition) is 2. The molecule has 1 aromatic heterocycles. The van der Waals surface area contributed by atoms with E-state index in [0.29, 0.717) is 6.61 Å². The Morgan fingerprint density at radius 2 is 2.14 bits per heavy atom. The van der Waals surface area contributed by atoms with Crippen molar-refractivity contribution in [3.63, 3.8) is 0 Å². The van der Waals surface area contributed by atoms with Crippen molar-refractivity contribution in [2.75, 3.05) is 12.3 Å². The van der Waals surface area contributed by atoms with Gasteiger partial charge in [-0.1, -0.05) is 0 Å². The third kappa shape index (κ3) is 4.44. The molecule has 116 valence electrons. The monoisotopic (exact) mass is 295 g/mol. The summed E-state index contributed by atoms with van der Waals surface area (Å²) >= 11 is 0. The van der Waals surface area contributed by atoms with Crippen LogP contribution in [0.3, 0.4) is 0 Å². The molecule has 0 aliphatic heterocycles. The van der Waals surface area contributed by atoms with Crippen LogP contribution in [-0.2, 0) is 20.9 Å². The number of nitrogen functional groups attached to an aromatic ring is 1. The second-order valence-electron chi connectivity index (χ2n) is 5.17. The second kappa shape index (κ2) is 7.05. The lowest BCUT2D eigenvalue weighted by Gasteiger charge is -2.27. The fraction of sp³-hybridized carbons (Fsp3) is 0.692. The van der Waals surface area contributed by atoms with E-state index in [2.05, 4.69) is 15.4 Å². The van der Waals surface area contributed by atoms with Crippen LogP contribution in [0.5, 0.6) is 0 Å². The Hall–Kier alpha value is -2.12. The molecule has 1 aromatic rings. The average Bonchev–Trinajstić information content (AvgIpc) is 2.85. The van der Waals surface area contributed by atoms with Gasteiger partial charge in [0.25, 0.3) is 0 Å². The smallest absolute Gasteiger partial charge is 0.308 e. The molecule has 1 amide bonds. The quantitative estimate of drug-likeness (QED) is 0.745. The van der Waals surface area contributed by atoms with Gasteiger partial charge in [-0.15, -0.1) is 5.10 Å². The highest BCUT2D eigenvalue weighted by Gasteiger charge is 2.27. The van der Waals surface area contributed by atoms with Crippen LogP contribution in [0.15, 0.2) is 6.33 Å². The minimum Gasteiger partial charge on any atom is -0.466 e. The van der Waals surface area contributed by atoms with Crippen LogP contribution < -0.4 is 11.1 Å². The molecule has 0 bridgehead atoms. The van der Waals surface area contributed by atoms with E-state index in [1.165, 1.54) is 11.0 Å². The molecule has 1 aliphatic rings. The fourth-order valence-electron chi connectivity index (χ4n) is 2.54. The molecular formula is C13H21N5O3. The summed E-state index contributed by atoms with van der Waals surface area (Å²) in [7, 11) is 0. The van der Waals surface area contributed by atoms with Gasteiger partial charge in [-0.3, -0.25) is 9.59 Å². The number of aromatic nitrogens is 3. The number of carbonyl (C=O) groups excluding carboxylic acids is 2. The van der Waals surface area contributed by atoms with Crippen LogP contribution in [0.4, 0.5) is 5.95 Å². The zero-order valence-corrected chi connectivity index (χ0v) is 12.1. The average molecular weight is 295 g/mol. The molecule has 0 radical (unpaired) electrons. The number of carbonyl (C=O) groups is 2. The number of amides is 1. The molecule has 8 heteroatoms. The zero-order valence-electron chi connectivity index (χ0n) is 12.1. The van der Waals surface area contributed by atoms with E-state index in [1.54, 1.807) is 6.92 Å². The number of nitrogens with one attached hydrogen (secondary N) is 1. The zero-order chi connectivity index (χ0) is 15.2. The van der Waals surface area contributed by atoms with E-state index >= 15 is 0 Å². The van der Waals surface area contributed by atoms with E-state index < -0.39 is 0 Å². The molecule has 0 spiro atoms. The topological polar surface area (TPSA) is 112 Å². The Morgan fingerprint density at radius 3 is 2.71 bits per heavy atom. The van der Waals surface area contributed by atoms with Crippen molar-refractivity contribution in [2.45, 2.75) is 45.2 Å². The Bertz CT molecular complexity index is 494. The van der Waals surface area contributed by atoms with E-state index in [-0.39, 0.29) is 36.3 Å². The summed E-state index contributed by atoms with van der Waals surface area (Å²) in [4.78, 5) is 27.3. The Kier molecular flexibility index (Phi) is 5.13. The summed E-state index contributed by atoms with van der Waals surface area (Å²) in [6, 6.07) is 0.101. The highest BCUT2D eigenvalue weighted by Crippen LogP contribution is 2.25. The number of nitrogens with zero attached hydrogens (tertiary/aromatic N) is 3. The number of ether oxygens (including phenoxy) is 1. The summed E-state index contributed by atoms with van der Waals surface area (Å²) in [6.07, 6.45) is 4.50.